The highest BCUT2D eigenvalue weighted by molar-refractivity contribution is 7.09. The third-order valence-electron chi connectivity index (χ3n) is 3.43. The van der Waals surface area contributed by atoms with Crippen molar-refractivity contribution >= 4 is 22.9 Å². The van der Waals surface area contributed by atoms with E-state index in [1.807, 2.05) is 0 Å². The minimum absolute atomic E-state index is 0.0311. The maximum absolute atomic E-state index is 13.5. The third-order valence-corrected chi connectivity index (χ3v) is 4.54. The van der Waals surface area contributed by atoms with E-state index < -0.39 is 29.1 Å². The Balaban J connectivity index is 2.18. The number of carbonyl (C=O) groups is 1. The molecule has 0 saturated heterocycles. The van der Waals surface area contributed by atoms with Gasteiger partial charge in [0.1, 0.15) is 17.3 Å². The van der Waals surface area contributed by atoms with Crippen molar-refractivity contribution in [2.24, 2.45) is 0 Å². The normalized spacial score (nSPS) is 13.9. The zero-order valence-corrected chi connectivity index (χ0v) is 15.4. The van der Waals surface area contributed by atoms with Crippen molar-refractivity contribution in [2.45, 2.75) is 25.1 Å². The monoisotopic (exact) mass is 405 g/mol. The van der Waals surface area contributed by atoms with Crippen LogP contribution in [0.25, 0.3) is 0 Å². The number of anilines is 1. The van der Waals surface area contributed by atoms with Gasteiger partial charge in [-0.1, -0.05) is 0 Å². The molecule has 1 amide bonds. The average molecular weight is 405 g/mol. The molecule has 7 nitrogen and oxygen atoms in total. The van der Waals surface area contributed by atoms with Crippen LogP contribution in [-0.2, 0) is 15.1 Å². The summed E-state index contributed by atoms with van der Waals surface area (Å²) >= 11 is 0.636. The number of carbonyl (C=O) groups excluding carboxylic acids is 1. The Morgan fingerprint density at radius 2 is 2.11 bits per heavy atom. The number of aliphatic hydroxyl groups is 1. The number of methoxy groups -OCH3 is 1. The number of nitrogens with zero attached hydrogens (tertiary/aromatic N) is 2. The molecule has 2 aromatic heterocycles. The van der Waals surface area contributed by atoms with Gasteiger partial charge in [-0.05, 0) is 19.1 Å². The molecule has 27 heavy (non-hydrogen) atoms. The first-order valence-corrected chi connectivity index (χ1v) is 8.63. The fourth-order valence-corrected chi connectivity index (χ4v) is 3.00. The van der Waals surface area contributed by atoms with Gasteiger partial charge in [0, 0.05) is 24.4 Å². The average Bonchev–Trinajstić information content (AvgIpc) is 3.02. The molecule has 0 bridgehead atoms. The first kappa shape index (κ1) is 21.1. The van der Waals surface area contributed by atoms with Crippen molar-refractivity contribution in [1.29, 1.82) is 0 Å². The number of hydrogen-bond acceptors (Lipinski definition) is 7. The maximum atomic E-state index is 13.5. The first-order valence-electron chi connectivity index (χ1n) is 7.75. The summed E-state index contributed by atoms with van der Waals surface area (Å²) in [4.78, 5) is 19.9. The summed E-state index contributed by atoms with van der Waals surface area (Å²) in [6.45, 7) is 1.90. The molecule has 1 unspecified atom stereocenters. The second-order valence-electron chi connectivity index (χ2n) is 5.57. The summed E-state index contributed by atoms with van der Waals surface area (Å²) in [7, 11) is 1.47. The molecule has 148 valence electrons. The lowest BCUT2D eigenvalue weighted by atomic mass is 9.99. The molecule has 1 atom stereocenters. The van der Waals surface area contributed by atoms with Gasteiger partial charge in [0.15, 0.2) is 0 Å². The van der Waals surface area contributed by atoms with Gasteiger partial charge in [-0.2, -0.15) is 13.2 Å². The molecule has 2 rings (SSSR count). The third kappa shape index (κ3) is 5.15. The molecule has 0 radical (unpaired) electrons. The van der Waals surface area contributed by atoms with Crippen molar-refractivity contribution in [3.63, 3.8) is 0 Å². The fourth-order valence-electron chi connectivity index (χ4n) is 2.09. The van der Waals surface area contributed by atoms with Gasteiger partial charge in [0.25, 0.3) is 0 Å². The van der Waals surface area contributed by atoms with E-state index in [0.717, 1.165) is 0 Å². The molecule has 11 heteroatoms. The number of aryl methyl sites for hydroxylation is 1. The van der Waals surface area contributed by atoms with E-state index in [1.54, 1.807) is 0 Å². The van der Waals surface area contributed by atoms with E-state index in [9.17, 15) is 23.1 Å². The van der Waals surface area contributed by atoms with Crippen LogP contribution in [0.3, 0.4) is 0 Å². The van der Waals surface area contributed by atoms with Gasteiger partial charge in [-0.25, -0.2) is 9.97 Å². The van der Waals surface area contributed by atoms with E-state index in [4.69, 9.17) is 9.47 Å². The summed E-state index contributed by atoms with van der Waals surface area (Å²) in [5, 5.41) is 13.3. The molecule has 0 aliphatic heterocycles. The Bertz CT molecular complexity index is 784. The second-order valence-corrected chi connectivity index (χ2v) is 6.43. The Labute approximate surface area is 157 Å². The zero-order valence-electron chi connectivity index (χ0n) is 14.5. The van der Waals surface area contributed by atoms with Gasteiger partial charge in [0.2, 0.25) is 17.4 Å². The fraction of sp³-hybridized carbons (Fsp3) is 0.438. The number of thiazole rings is 1. The van der Waals surface area contributed by atoms with E-state index >= 15 is 0 Å². The van der Waals surface area contributed by atoms with Crippen LogP contribution in [0.5, 0.6) is 5.88 Å². The smallest absolute Gasteiger partial charge is 0.424 e. The molecule has 2 aromatic rings. The van der Waals surface area contributed by atoms with Crippen molar-refractivity contribution in [1.82, 2.24) is 9.97 Å². The lowest BCUT2D eigenvalue weighted by molar-refractivity contribution is -0.266. The number of ether oxygens (including phenoxy) is 2. The minimum atomic E-state index is -5.08. The van der Waals surface area contributed by atoms with Gasteiger partial charge in [-0.15, -0.1) is 11.3 Å². The van der Waals surface area contributed by atoms with Gasteiger partial charge in [-0.3, -0.25) is 4.79 Å². The van der Waals surface area contributed by atoms with Crippen molar-refractivity contribution < 1.29 is 32.5 Å². The number of amides is 1. The zero-order chi connectivity index (χ0) is 20.1. The number of halogens is 3. The number of alkyl halides is 3. The maximum Gasteiger partial charge on any atom is 0.424 e. The number of nitrogens with one attached hydrogen (secondary N) is 1. The molecule has 0 saturated carbocycles. The Hall–Kier alpha value is -2.24. The topological polar surface area (TPSA) is 93.6 Å². The number of aromatic nitrogens is 2. The minimum Gasteiger partial charge on any atom is -0.474 e. The van der Waals surface area contributed by atoms with Crippen LogP contribution in [0.1, 0.15) is 17.1 Å². The van der Waals surface area contributed by atoms with Crippen molar-refractivity contribution in [2.75, 3.05) is 25.6 Å². The summed E-state index contributed by atoms with van der Waals surface area (Å²) in [6, 6.07) is 2.91. The lowest BCUT2D eigenvalue weighted by Gasteiger charge is -2.28. The largest absolute Gasteiger partial charge is 0.474 e. The highest BCUT2D eigenvalue weighted by Gasteiger charge is 2.58. The molecule has 0 fully saturated rings. The molecule has 0 aliphatic rings. The van der Waals surface area contributed by atoms with Gasteiger partial charge < -0.3 is 19.9 Å². The van der Waals surface area contributed by atoms with E-state index in [1.165, 1.54) is 37.7 Å². The summed E-state index contributed by atoms with van der Waals surface area (Å²) in [5.41, 5.74) is -2.99. The standard InChI is InChI=1S/C16H18F3N3O4S/c1-10-9-27-14(21-10)15(24,16(17,18)19)8-12(23)22-11-4-3-5-20-13(11)26-7-6-25-2/h3-5,9,24H,6-8H2,1-2H3,(H,22,23). The highest BCUT2D eigenvalue weighted by Crippen LogP contribution is 2.43. The Morgan fingerprint density at radius 1 is 1.37 bits per heavy atom. The number of pyridine rings is 1. The van der Waals surface area contributed by atoms with E-state index in [0.29, 0.717) is 17.0 Å². The Morgan fingerprint density at radius 3 is 2.70 bits per heavy atom. The molecule has 0 spiro atoms. The molecule has 0 aliphatic carbocycles. The highest BCUT2D eigenvalue weighted by atomic mass is 32.1. The molecular formula is C16H18F3N3O4S. The second kappa shape index (κ2) is 8.63. The van der Waals surface area contributed by atoms with Crippen LogP contribution >= 0.6 is 11.3 Å². The SMILES string of the molecule is COCCOc1ncccc1NC(=O)CC(O)(c1nc(C)cs1)C(F)(F)F. The van der Waals surface area contributed by atoms with E-state index in [2.05, 4.69) is 15.3 Å². The van der Waals surface area contributed by atoms with E-state index in [-0.39, 0.29) is 24.8 Å². The van der Waals surface area contributed by atoms with Crippen LogP contribution in [0.2, 0.25) is 0 Å². The van der Waals surface area contributed by atoms with Crippen LogP contribution in [0.4, 0.5) is 18.9 Å². The molecule has 2 N–H and O–H groups in total. The summed E-state index contributed by atoms with van der Waals surface area (Å²) in [5.74, 6) is -1.03. The summed E-state index contributed by atoms with van der Waals surface area (Å²) < 4.78 is 50.6. The number of hydrogen-bond donors (Lipinski definition) is 2. The molecule has 2 heterocycles. The lowest BCUT2D eigenvalue weighted by Crippen LogP contribution is -2.45. The first-order chi connectivity index (χ1) is 12.7. The van der Waals surface area contributed by atoms with Gasteiger partial charge >= 0.3 is 6.18 Å². The van der Waals surface area contributed by atoms with Crippen LogP contribution in [-0.4, -0.2) is 47.5 Å². The van der Waals surface area contributed by atoms with Crippen LogP contribution in [0.15, 0.2) is 23.7 Å². The van der Waals surface area contributed by atoms with Gasteiger partial charge in [0.05, 0.1) is 13.0 Å². The predicted octanol–water partition coefficient (Wildman–Crippen LogP) is 2.65. The quantitative estimate of drug-likeness (QED) is 0.656. The number of rotatable bonds is 8. The van der Waals surface area contributed by atoms with Crippen LogP contribution in [0, 0.1) is 6.92 Å². The van der Waals surface area contributed by atoms with Crippen molar-refractivity contribution in [3.8, 4) is 5.88 Å². The molecular weight excluding hydrogens is 387 g/mol. The Kier molecular flexibility index (Phi) is 6.73. The van der Waals surface area contributed by atoms with Crippen molar-refractivity contribution in [3.05, 3.63) is 34.4 Å². The predicted molar refractivity (Wildman–Crippen MR) is 91.7 cm³/mol. The van der Waals surface area contributed by atoms with Crippen LogP contribution < -0.4 is 10.1 Å². The summed E-state index contributed by atoms with van der Waals surface area (Å²) in [6.07, 6.45) is -4.93. The molecule has 0 aromatic carbocycles.